The maximum absolute atomic E-state index is 12.6. The Kier molecular flexibility index (Phi) is 3.63. The molecule has 1 atom stereocenters. The molecule has 1 aromatic carbocycles. The van der Waals surface area contributed by atoms with Crippen molar-refractivity contribution in [3.63, 3.8) is 0 Å². The van der Waals surface area contributed by atoms with Crippen LogP contribution in [0, 0.1) is 6.92 Å². The molecule has 1 saturated heterocycles. The van der Waals surface area contributed by atoms with Crippen LogP contribution in [0.5, 0.6) is 0 Å². The Hall–Kier alpha value is -0.870. The second kappa shape index (κ2) is 5.25. The van der Waals surface area contributed by atoms with E-state index in [0.717, 1.165) is 29.5 Å². The van der Waals surface area contributed by atoms with Crippen LogP contribution in [0.2, 0.25) is 0 Å². The van der Waals surface area contributed by atoms with Gasteiger partial charge in [-0.1, -0.05) is 6.07 Å². The summed E-state index contributed by atoms with van der Waals surface area (Å²) >= 11 is 3.56. The average Bonchev–Trinajstić information content (AvgIpc) is 3.19. The highest BCUT2D eigenvalue weighted by atomic mass is 79.9. The first-order chi connectivity index (χ1) is 9.15. The second-order valence-electron chi connectivity index (χ2n) is 5.58. The van der Waals surface area contributed by atoms with Gasteiger partial charge in [0.15, 0.2) is 0 Å². The summed E-state index contributed by atoms with van der Waals surface area (Å²) in [7, 11) is 0. The standard InChI is InChI=1S/C15H19BrN2O/c1-10-4-7-12(16)14(9-10)18-8-2-3-13(15(18)19)17-11-5-6-11/h4,7,9,11,13,17H,2-3,5-6,8H2,1H3. The summed E-state index contributed by atoms with van der Waals surface area (Å²) in [6.07, 6.45) is 4.47. The number of nitrogens with zero attached hydrogens (tertiary/aromatic N) is 1. The van der Waals surface area contributed by atoms with Gasteiger partial charge in [-0.2, -0.15) is 0 Å². The van der Waals surface area contributed by atoms with Crippen LogP contribution in [0.1, 0.15) is 31.2 Å². The number of rotatable bonds is 3. The number of halogens is 1. The Morgan fingerprint density at radius 3 is 2.84 bits per heavy atom. The summed E-state index contributed by atoms with van der Waals surface area (Å²) < 4.78 is 0.999. The highest BCUT2D eigenvalue weighted by Gasteiger charge is 2.34. The molecule has 1 N–H and O–H groups in total. The van der Waals surface area contributed by atoms with E-state index in [-0.39, 0.29) is 11.9 Å². The fourth-order valence-electron chi connectivity index (χ4n) is 2.63. The van der Waals surface area contributed by atoms with E-state index in [1.807, 2.05) is 11.0 Å². The molecule has 4 heteroatoms. The molecule has 0 aromatic heterocycles. The maximum atomic E-state index is 12.6. The van der Waals surface area contributed by atoms with Gasteiger partial charge in [0.2, 0.25) is 5.91 Å². The van der Waals surface area contributed by atoms with E-state index in [1.54, 1.807) is 0 Å². The number of anilines is 1. The van der Waals surface area contributed by atoms with Gasteiger partial charge in [0.05, 0.1) is 11.7 Å². The second-order valence-corrected chi connectivity index (χ2v) is 6.43. The molecule has 1 heterocycles. The van der Waals surface area contributed by atoms with Crippen LogP contribution < -0.4 is 10.2 Å². The third-order valence-electron chi connectivity index (χ3n) is 3.85. The fourth-order valence-corrected chi connectivity index (χ4v) is 3.09. The Balaban J connectivity index is 1.82. The number of nitrogens with one attached hydrogen (secondary N) is 1. The number of amides is 1. The van der Waals surface area contributed by atoms with Gasteiger partial charge in [-0.15, -0.1) is 0 Å². The van der Waals surface area contributed by atoms with Crippen molar-refractivity contribution in [2.45, 2.75) is 44.7 Å². The molecule has 0 spiro atoms. The number of carbonyl (C=O) groups is 1. The third-order valence-corrected chi connectivity index (χ3v) is 4.52. The predicted octanol–water partition coefficient (Wildman–Crippen LogP) is 3.00. The predicted molar refractivity (Wildman–Crippen MR) is 80.4 cm³/mol. The molecular weight excluding hydrogens is 304 g/mol. The Morgan fingerprint density at radius 2 is 2.11 bits per heavy atom. The number of carbonyl (C=O) groups excluding carboxylic acids is 1. The molecule has 1 saturated carbocycles. The fraction of sp³-hybridized carbons (Fsp3) is 0.533. The van der Waals surface area contributed by atoms with Gasteiger partial charge in [0, 0.05) is 17.1 Å². The summed E-state index contributed by atoms with van der Waals surface area (Å²) in [5.74, 6) is 0.226. The van der Waals surface area contributed by atoms with E-state index in [1.165, 1.54) is 18.4 Å². The molecule has 1 amide bonds. The van der Waals surface area contributed by atoms with Crippen LogP contribution in [0.4, 0.5) is 5.69 Å². The molecule has 0 bridgehead atoms. The molecule has 1 aromatic rings. The molecule has 3 rings (SSSR count). The van der Waals surface area contributed by atoms with E-state index in [2.05, 4.69) is 40.3 Å². The molecule has 1 aliphatic heterocycles. The minimum Gasteiger partial charge on any atom is -0.310 e. The van der Waals surface area contributed by atoms with Crippen molar-refractivity contribution in [3.8, 4) is 0 Å². The van der Waals surface area contributed by atoms with Gasteiger partial charge in [-0.25, -0.2) is 0 Å². The quantitative estimate of drug-likeness (QED) is 0.927. The molecule has 1 aliphatic carbocycles. The van der Waals surface area contributed by atoms with E-state index in [0.29, 0.717) is 6.04 Å². The first-order valence-corrected chi connectivity index (χ1v) is 7.78. The summed E-state index contributed by atoms with van der Waals surface area (Å²) in [5.41, 5.74) is 2.19. The lowest BCUT2D eigenvalue weighted by molar-refractivity contribution is -0.121. The largest absolute Gasteiger partial charge is 0.310 e. The van der Waals surface area contributed by atoms with Gasteiger partial charge >= 0.3 is 0 Å². The van der Waals surface area contributed by atoms with Crippen LogP contribution >= 0.6 is 15.9 Å². The molecular formula is C15H19BrN2O. The minimum atomic E-state index is 0.00802. The zero-order valence-electron chi connectivity index (χ0n) is 11.2. The number of hydrogen-bond acceptors (Lipinski definition) is 2. The number of piperidine rings is 1. The van der Waals surface area contributed by atoms with E-state index < -0.39 is 0 Å². The third kappa shape index (κ3) is 2.84. The van der Waals surface area contributed by atoms with Gasteiger partial charge in [0.1, 0.15) is 0 Å². The van der Waals surface area contributed by atoms with Gasteiger partial charge in [0.25, 0.3) is 0 Å². The Bertz CT molecular complexity index is 499. The molecule has 2 aliphatic rings. The average molecular weight is 323 g/mol. The lowest BCUT2D eigenvalue weighted by Crippen LogP contribution is -2.51. The SMILES string of the molecule is Cc1ccc(Br)c(N2CCCC(NC3CC3)C2=O)c1. The van der Waals surface area contributed by atoms with Crippen molar-refractivity contribution in [2.24, 2.45) is 0 Å². The molecule has 0 radical (unpaired) electrons. The summed E-state index contributed by atoms with van der Waals surface area (Å²) in [4.78, 5) is 14.5. The van der Waals surface area contributed by atoms with Crippen LogP contribution in [-0.2, 0) is 4.79 Å². The first kappa shape index (κ1) is 13.1. The van der Waals surface area contributed by atoms with Crippen LogP contribution in [0.25, 0.3) is 0 Å². The number of aryl methyl sites for hydroxylation is 1. The summed E-state index contributed by atoms with van der Waals surface area (Å²) in [5, 5.41) is 3.47. The lowest BCUT2D eigenvalue weighted by atomic mass is 10.0. The normalized spacial score (nSPS) is 23.8. The topological polar surface area (TPSA) is 32.3 Å². The van der Waals surface area contributed by atoms with Gasteiger partial charge < -0.3 is 10.2 Å². The van der Waals surface area contributed by atoms with Crippen molar-refractivity contribution in [1.82, 2.24) is 5.32 Å². The highest BCUT2D eigenvalue weighted by molar-refractivity contribution is 9.10. The van der Waals surface area contributed by atoms with Crippen molar-refractivity contribution < 1.29 is 4.79 Å². The minimum absolute atomic E-state index is 0.00802. The van der Waals surface area contributed by atoms with E-state index in [9.17, 15) is 4.79 Å². The summed E-state index contributed by atoms with van der Waals surface area (Å²) in [6, 6.07) is 6.75. The van der Waals surface area contributed by atoms with Crippen LogP contribution in [0.3, 0.4) is 0 Å². The lowest BCUT2D eigenvalue weighted by Gasteiger charge is -2.33. The molecule has 102 valence electrons. The van der Waals surface area contributed by atoms with Crippen molar-refractivity contribution >= 4 is 27.5 Å². The van der Waals surface area contributed by atoms with Gasteiger partial charge in [-0.05, 0) is 66.2 Å². The van der Waals surface area contributed by atoms with Crippen molar-refractivity contribution in [1.29, 1.82) is 0 Å². The van der Waals surface area contributed by atoms with E-state index >= 15 is 0 Å². The first-order valence-electron chi connectivity index (χ1n) is 6.99. The van der Waals surface area contributed by atoms with Crippen molar-refractivity contribution in [2.75, 3.05) is 11.4 Å². The summed E-state index contributed by atoms with van der Waals surface area (Å²) in [6.45, 7) is 2.88. The van der Waals surface area contributed by atoms with E-state index in [4.69, 9.17) is 0 Å². The van der Waals surface area contributed by atoms with Crippen LogP contribution in [0.15, 0.2) is 22.7 Å². The molecule has 2 fully saturated rings. The smallest absolute Gasteiger partial charge is 0.244 e. The van der Waals surface area contributed by atoms with Gasteiger partial charge in [-0.3, -0.25) is 4.79 Å². The monoisotopic (exact) mass is 322 g/mol. The van der Waals surface area contributed by atoms with Crippen LogP contribution in [-0.4, -0.2) is 24.5 Å². The highest BCUT2D eigenvalue weighted by Crippen LogP contribution is 2.31. The maximum Gasteiger partial charge on any atom is 0.244 e. The molecule has 19 heavy (non-hydrogen) atoms. The van der Waals surface area contributed by atoms with Crippen molar-refractivity contribution in [3.05, 3.63) is 28.2 Å². The number of benzene rings is 1. The number of hydrogen-bond donors (Lipinski definition) is 1. The zero-order valence-corrected chi connectivity index (χ0v) is 12.7. The molecule has 3 nitrogen and oxygen atoms in total. The Morgan fingerprint density at radius 1 is 1.32 bits per heavy atom. The zero-order chi connectivity index (χ0) is 13.4. The Labute approximate surface area is 122 Å². The molecule has 1 unspecified atom stereocenters.